The SMILES string of the molecule is CC1(C)c2ccccc2-c2c(-c3cc(-c4ccc(-c5ccc(-c6ccc(-c7nc8ccccc8n7-c7ccccc7)nc6)cc5)cc4)nc(-c4ccccc4)n3)cccc21. The molecular weight excluding hydrogens is 731 g/mol. The van der Waals surface area contributed by atoms with Gasteiger partial charge in [0.25, 0.3) is 0 Å². The van der Waals surface area contributed by atoms with E-state index in [1.807, 2.05) is 60.8 Å². The van der Waals surface area contributed by atoms with Gasteiger partial charge < -0.3 is 0 Å². The van der Waals surface area contributed by atoms with Crippen LogP contribution in [0, 0.1) is 0 Å². The van der Waals surface area contributed by atoms with Gasteiger partial charge in [0.2, 0.25) is 0 Å². The Morgan fingerprint density at radius 1 is 0.417 bits per heavy atom. The summed E-state index contributed by atoms with van der Waals surface area (Å²) in [6, 6.07) is 68.0. The average molecular weight is 770 g/mol. The molecule has 0 spiro atoms. The van der Waals surface area contributed by atoms with Crippen molar-refractivity contribution in [1.82, 2.24) is 24.5 Å². The molecule has 0 N–H and O–H groups in total. The van der Waals surface area contributed by atoms with Crippen LogP contribution < -0.4 is 0 Å². The standard InChI is InChI=1S/C55H39N5/c1-55(2)45-20-10-9-18-43(45)52-44(19-13-21-46(52)55)50-34-49(57-53(58-50)40-14-5-3-6-15-40)39-30-28-37(29-31-39)36-24-26-38(27-25-36)41-32-33-48(56-35-41)54-59-47-22-11-12-23-51(47)60(54)42-16-7-4-8-17-42/h3-35H,1-2H3. The van der Waals surface area contributed by atoms with Crippen LogP contribution in [0.3, 0.4) is 0 Å². The van der Waals surface area contributed by atoms with Crippen LogP contribution in [-0.4, -0.2) is 24.5 Å². The first-order valence-corrected chi connectivity index (χ1v) is 20.4. The van der Waals surface area contributed by atoms with Crippen molar-refractivity contribution in [2.45, 2.75) is 19.3 Å². The van der Waals surface area contributed by atoms with E-state index in [9.17, 15) is 0 Å². The predicted molar refractivity (Wildman–Crippen MR) is 245 cm³/mol. The molecule has 3 aromatic heterocycles. The summed E-state index contributed by atoms with van der Waals surface area (Å²) >= 11 is 0. The third kappa shape index (κ3) is 6.02. The van der Waals surface area contributed by atoms with Gasteiger partial charge in [-0.15, -0.1) is 0 Å². The van der Waals surface area contributed by atoms with E-state index in [0.717, 1.165) is 78.6 Å². The number of pyridine rings is 1. The van der Waals surface area contributed by atoms with Crippen LogP contribution in [0.25, 0.3) is 95.5 Å². The molecule has 0 bridgehead atoms. The highest BCUT2D eigenvalue weighted by Gasteiger charge is 2.36. The van der Waals surface area contributed by atoms with Crippen LogP contribution in [0.2, 0.25) is 0 Å². The molecule has 284 valence electrons. The van der Waals surface area contributed by atoms with Gasteiger partial charge in [0.05, 0.1) is 22.4 Å². The van der Waals surface area contributed by atoms with Crippen molar-refractivity contribution in [3.05, 3.63) is 211 Å². The van der Waals surface area contributed by atoms with Crippen LogP contribution in [0.5, 0.6) is 0 Å². The zero-order valence-corrected chi connectivity index (χ0v) is 33.3. The van der Waals surface area contributed by atoms with Crippen LogP contribution in [0.1, 0.15) is 25.0 Å². The summed E-state index contributed by atoms with van der Waals surface area (Å²) in [6.45, 7) is 4.63. The van der Waals surface area contributed by atoms with Crippen molar-refractivity contribution in [3.63, 3.8) is 0 Å². The summed E-state index contributed by atoms with van der Waals surface area (Å²) in [7, 11) is 0. The van der Waals surface area contributed by atoms with Crippen LogP contribution in [-0.2, 0) is 5.41 Å². The van der Waals surface area contributed by atoms with E-state index in [1.54, 1.807) is 0 Å². The third-order valence-corrected chi connectivity index (χ3v) is 11.9. The molecule has 1 aliphatic carbocycles. The first kappa shape index (κ1) is 35.4. The summed E-state index contributed by atoms with van der Waals surface area (Å²) in [6.07, 6.45) is 1.94. The Kier molecular flexibility index (Phi) is 8.41. The number of rotatable bonds is 7. The number of fused-ring (bicyclic) bond motifs is 4. The summed E-state index contributed by atoms with van der Waals surface area (Å²) in [5.74, 6) is 1.53. The number of imidazole rings is 1. The topological polar surface area (TPSA) is 56.5 Å². The molecule has 11 rings (SSSR count). The number of hydrogen-bond donors (Lipinski definition) is 0. The maximum Gasteiger partial charge on any atom is 0.164 e. The molecule has 0 unspecified atom stereocenters. The van der Waals surface area contributed by atoms with Gasteiger partial charge >= 0.3 is 0 Å². The molecule has 0 amide bonds. The first-order valence-electron chi connectivity index (χ1n) is 20.4. The van der Waals surface area contributed by atoms with E-state index in [2.05, 4.69) is 158 Å². The Labute approximate surface area is 349 Å². The number of aromatic nitrogens is 5. The molecule has 10 aromatic rings. The number of benzene rings is 7. The molecule has 60 heavy (non-hydrogen) atoms. The Balaban J connectivity index is 0.898. The third-order valence-electron chi connectivity index (χ3n) is 11.9. The van der Waals surface area contributed by atoms with Crippen molar-refractivity contribution in [1.29, 1.82) is 0 Å². The van der Waals surface area contributed by atoms with Crippen LogP contribution >= 0.6 is 0 Å². The van der Waals surface area contributed by atoms with Crippen molar-refractivity contribution in [2.75, 3.05) is 0 Å². The van der Waals surface area contributed by atoms with Gasteiger partial charge in [-0.2, -0.15) is 0 Å². The first-order chi connectivity index (χ1) is 29.5. The minimum atomic E-state index is -0.0978. The van der Waals surface area contributed by atoms with E-state index in [4.69, 9.17) is 19.9 Å². The van der Waals surface area contributed by atoms with Gasteiger partial charge in [-0.25, -0.2) is 15.0 Å². The zero-order chi connectivity index (χ0) is 40.2. The molecule has 0 saturated carbocycles. The highest BCUT2D eigenvalue weighted by Crippen LogP contribution is 2.52. The van der Waals surface area contributed by atoms with Gasteiger partial charge in [0, 0.05) is 39.6 Å². The van der Waals surface area contributed by atoms with Crippen LogP contribution in [0.4, 0.5) is 0 Å². The predicted octanol–water partition coefficient (Wildman–Crippen LogP) is 13.5. The fourth-order valence-corrected chi connectivity index (χ4v) is 8.84. The maximum absolute atomic E-state index is 5.22. The lowest BCUT2D eigenvalue weighted by Gasteiger charge is -2.21. The fraction of sp³-hybridized carbons (Fsp3) is 0.0545. The minimum Gasteiger partial charge on any atom is -0.291 e. The molecule has 0 aliphatic heterocycles. The van der Waals surface area contributed by atoms with E-state index in [1.165, 1.54) is 22.3 Å². The summed E-state index contributed by atoms with van der Waals surface area (Å²) in [4.78, 5) is 20.3. The van der Waals surface area contributed by atoms with Gasteiger partial charge in [-0.1, -0.05) is 172 Å². The lowest BCUT2D eigenvalue weighted by molar-refractivity contribution is 0.660. The van der Waals surface area contributed by atoms with E-state index in [-0.39, 0.29) is 5.41 Å². The van der Waals surface area contributed by atoms with Crippen molar-refractivity contribution in [2.24, 2.45) is 0 Å². The highest BCUT2D eigenvalue weighted by atomic mass is 15.1. The molecule has 3 heterocycles. The molecule has 0 fully saturated rings. The van der Waals surface area contributed by atoms with E-state index < -0.39 is 0 Å². The van der Waals surface area contributed by atoms with Crippen molar-refractivity contribution < 1.29 is 0 Å². The Morgan fingerprint density at radius 2 is 1.00 bits per heavy atom. The molecule has 0 radical (unpaired) electrons. The summed E-state index contributed by atoms with van der Waals surface area (Å²) < 4.78 is 2.18. The molecule has 0 saturated heterocycles. The van der Waals surface area contributed by atoms with Crippen molar-refractivity contribution in [3.8, 4) is 84.5 Å². The molecule has 0 atom stereocenters. The van der Waals surface area contributed by atoms with Crippen LogP contribution in [0.15, 0.2) is 200 Å². The highest BCUT2D eigenvalue weighted by molar-refractivity contribution is 5.92. The lowest BCUT2D eigenvalue weighted by atomic mass is 9.82. The summed E-state index contributed by atoms with van der Waals surface area (Å²) in [5, 5.41) is 0. The van der Waals surface area contributed by atoms with Gasteiger partial charge in [0.1, 0.15) is 5.69 Å². The number of para-hydroxylation sites is 3. The lowest BCUT2D eigenvalue weighted by Crippen LogP contribution is -2.14. The number of hydrogen-bond acceptors (Lipinski definition) is 4. The van der Waals surface area contributed by atoms with Gasteiger partial charge in [-0.05, 0) is 75.3 Å². The maximum atomic E-state index is 5.22. The second-order valence-corrected chi connectivity index (χ2v) is 15.9. The number of nitrogens with zero attached hydrogens (tertiary/aromatic N) is 5. The summed E-state index contributed by atoms with van der Waals surface area (Å²) in [5.41, 5.74) is 18.4. The molecular formula is C55H39N5. The zero-order valence-electron chi connectivity index (χ0n) is 33.3. The van der Waals surface area contributed by atoms with Gasteiger partial charge in [-0.3, -0.25) is 9.55 Å². The second kappa shape index (κ2) is 14.3. The van der Waals surface area contributed by atoms with E-state index >= 15 is 0 Å². The molecule has 1 aliphatic rings. The normalized spacial score (nSPS) is 12.6. The molecule has 5 heteroatoms. The van der Waals surface area contributed by atoms with Gasteiger partial charge in [0.15, 0.2) is 11.6 Å². The monoisotopic (exact) mass is 769 g/mol. The largest absolute Gasteiger partial charge is 0.291 e. The Hall–Kier alpha value is -7.76. The molecule has 7 aromatic carbocycles. The molecule has 5 nitrogen and oxygen atoms in total. The Bertz CT molecular complexity index is 3180. The second-order valence-electron chi connectivity index (χ2n) is 15.9. The average Bonchev–Trinajstić information content (AvgIpc) is 3.82. The fourth-order valence-electron chi connectivity index (χ4n) is 8.84. The quantitative estimate of drug-likeness (QED) is 0.162. The minimum absolute atomic E-state index is 0.0978. The van der Waals surface area contributed by atoms with Crippen molar-refractivity contribution >= 4 is 11.0 Å². The smallest absolute Gasteiger partial charge is 0.164 e. The Morgan fingerprint density at radius 3 is 1.73 bits per heavy atom. The van der Waals surface area contributed by atoms with E-state index in [0.29, 0.717) is 5.82 Å².